The largest absolute Gasteiger partial charge is 0.364 e. The van der Waals surface area contributed by atoms with Gasteiger partial charge in [0.2, 0.25) is 5.91 Å². The average Bonchev–Trinajstić information content (AvgIpc) is 3.37. The molecule has 1 saturated carbocycles. The lowest BCUT2D eigenvalue weighted by Crippen LogP contribution is -2.55. The summed E-state index contributed by atoms with van der Waals surface area (Å²) in [4.78, 5) is 23.8. The number of rotatable bonds is 5. The maximum atomic E-state index is 12.5. The van der Waals surface area contributed by atoms with E-state index >= 15 is 0 Å². The minimum atomic E-state index is 0.234. The normalized spacial score (nSPS) is 20.6. The van der Waals surface area contributed by atoms with Gasteiger partial charge in [-0.2, -0.15) is 0 Å². The van der Waals surface area contributed by atoms with Crippen LogP contribution in [-0.2, 0) is 11.3 Å². The highest BCUT2D eigenvalue weighted by molar-refractivity contribution is 5.88. The fourth-order valence-corrected chi connectivity index (χ4v) is 3.77. The molecule has 0 aromatic heterocycles. The number of hydrogen-bond acceptors (Lipinski definition) is 3. The average molecular weight is 367 g/mol. The van der Waals surface area contributed by atoms with E-state index < -0.39 is 0 Å². The standard InChI is InChI=1S/C21H29N5O/c1-2-22-21(25-12-13-26(18-8-9-18)20(27)16-25)23-15-17-6-5-7-19(14-17)24-10-3-4-11-24/h3-7,14,18H,2,8-13,15-16H2,1H3,(H,22,23). The fraction of sp³-hybridized carbons (Fsp3) is 0.524. The van der Waals surface area contributed by atoms with Crippen LogP contribution in [-0.4, -0.2) is 67.0 Å². The Hall–Kier alpha value is -2.50. The van der Waals surface area contributed by atoms with Crippen LogP contribution in [0.25, 0.3) is 0 Å². The van der Waals surface area contributed by atoms with E-state index in [2.05, 4.69) is 58.5 Å². The summed E-state index contributed by atoms with van der Waals surface area (Å²) in [5, 5.41) is 3.36. The van der Waals surface area contributed by atoms with Gasteiger partial charge in [-0.05, 0) is 37.5 Å². The lowest BCUT2D eigenvalue weighted by atomic mass is 10.2. The van der Waals surface area contributed by atoms with Gasteiger partial charge in [0.1, 0.15) is 0 Å². The van der Waals surface area contributed by atoms with Gasteiger partial charge >= 0.3 is 0 Å². The summed E-state index contributed by atoms with van der Waals surface area (Å²) >= 11 is 0. The van der Waals surface area contributed by atoms with Gasteiger partial charge in [0.05, 0.1) is 13.1 Å². The van der Waals surface area contributed by atoms with Gasteiger partial charge in [0.15, 0.2) is 5.96 Å². The molecule has 1 aliphatic carbocycles. The number of aliphatic imine (C=N–C) groups is 1. The van der Waals surface area contributed by atoms with E-state index in [1.54, 1.807) is 0 Å². The molecular weight excluding hydrogens is 338 g/mol. The topological polar surface area (TPSA) is 51.2 Å². The second-order valence-electron chi connectivity index (χ2n) is 7.46. The molecule has 2 fully saturated rings. The van der Waals surface area contributed by atoms with Gasteiger partial charge in [-0.1, -0.05) is 24.3 Å². The van der Waals surface area contributed by atoms with Crippen molar-refractivity contribution in [3.63, 3.8) is 0 Å². The summed E-state index contributed by atoms with van der Waals surface area (Å²) in [5.74, 6) is 1.08. The van der Waals surface area contributed by atoms with E-state index in [1.807, 2.05) is 4.90 Å². The quantitative estimate of drug-likeness (QED) is 0.490. The zero-order valence-electron chi connectivity index (χ0n) is 16.1. The van der Waals surface area contributed by atoms with Crippen LogP contribution in [0.5, 0.6) is 0 Å². The number of amides is 1. The lowest BCUT2D eigenvalue weighted by Gasteiger charge is -2.36. The Morgan fingerprint density at radius 2 is 2.04 bits per heavy atom. The van der Waals surface area contributed by atoms with Gasteiger partial charge < -0.3 is 20.0 Å². The Balaban J connectivity index is 1.42. The van der Waals surface area contributed by atoms with Gasteiger partial charge in [-0.25, -0.2) is 4.99 Å². The molecule has 1 saturated heterocycles. The SMILES string of the molecule is CCNC(=NCc1cccc(N2CC=CC2)c1)N1CCN(C2CC2)C(=O)C1. The predicted octanol–water partition coefficient (Wildman–Crippen LogP) is 1.83. The second kappa shape index (κ2) is 8.03. The molecule has 1 N–H and O–H groups in total. The van der Waals surface area contributed by atoms with Gasteiger partial charge in [-0.3, -0.25) is 4.79 Å². The Bertz CT molecular complexity index is 732. The van der Waals surface area contributed by atoms with E-state index in [0.29, 0.717) is 19.1 Å². The van der Waals surface area contributed by atoms with Crippen molar-refractivity contribution >= 4 is 17.6 Å². The van der Waals surface area contributed by atoms with Crippen molar-refractivity contribution in [1.29, 1.82) is 0 Å². The minimum absolute atomic E-state index is 0.234. The summed E-state index contributed by atoms with van der Waals surface area (Å²) < 4.78 is 0. The van der Waals surface area contributed by atoms with Crippen molar-refractivity contribution < 1.29 is 4.79 Å². The van der Waals surface area contributed by atoms with Crippen molar-refractivity contribution in [3.05, 3.63) is 42.0 Å². The van der Waals surface area contributed by atoms with Crippen molar-refractivity contribution in [3.8, 4) is 0 Å². The predicted molar refractivity (Wildman–Crippen MR) is 109 cm³/mol. The van der Waals surface area contributed by atoms with Crippen LogP contribution >= 0.6 is 0 Å². The van der Waals surface area contributed by atoms with Crippen LogP contribution in [0, 0.1) is 0 Å². The molecule has 3 aliphatic rings. The lowest BCUT2D eigenvalue weighted by molar-refractivity contribution is -0.135. The first-order chi connectivity index (χ1) is 13.2. The van der Waals surface area contributed by atoms with E-state index in [0.717, 1.165) is 38.7 Å². The molecule has 2 heterocycles. The zero-order valence-corrected chi connectivity index (χ0v) is 16.1. The molecule has 1 aromatic carbocycles. The molecule has 0 radical (unpaired) electrons. The second-order valence-corrected chi connectivity index (χ2v) is 7.46. The van der Waals surface area contributed by atoms with Crippen LogP contribution in [0.3, 0.4) is 0 Å². The highest BCUT2D eigenvalue weighted by Crippen LogP contribution is 2.28. The summed E-state index contributed by atoms with van der Waals surface area (Å²) in [6.45, 7) is 7.54. The number of nitrogens with zero attached hydrogens (tertiary/aromatic N) is 4. The number of guanidine groups is 1. The number of benzene rings is 1. The summed E-state index contributed by atoms with van der Waals surface area (Å²) in [6, 6.07) is 9.10. The van der Waals surface area contributed by atoms with Crippen molar-refractivity contribution in [2.75, 3.05) is 44.2 Å². The Morgan fingerprint density at radius 3 is 2.74 bits per heavy atom. The third-order valence-electron chi connectivity index (χ3n) is 5.38. The Labute approximate surface area is 161 Å². The molecule has 1 amide bonds. The van der Waals surface area contributed by atoms with Crippen LogP contribution < -0.4 is 10.2 Å². The Kier molecular flexibility index (Phi) is 5.32. The molecule has 6 heteroatoms. The van der Waals surface area contributed by atoms with E-state index in [9.17, 15) is 4.79 Å². The summed E-state index contributed by atoms with van der Waals surface area (Å²) in [6.07, 6.45) is 6.74. The first-order valence-electron chi connectivity index (χ1n) is 10.1. The third-order valence-corrected chi connectivity index (χ3v) is 5.38. The molecule has 144 valence electrons. The number of carbonyl (C=O) groups excluding carboxylic acids is 1. The summed E-state index contributed by atoms with van der Waals surface area (Å²) in [5.41, 5.74) is 2.43. The molecule has 0 unspecified atom stereocenters. The van der Waals surface area contributed by atoms with Crippen molar-refractivity contribution in [2.24, 2.45) is 4.99 Å². The molecular formula is C21H29N5O. The maximum Gasteiger partial charge on any atom is 0.242 e. The van der Waals surface area contributed by atoms with Crippen LogP contribution in [0.1, 0.15) is 25.3 Å². The van der Waals surface area contributed by atoms with Crippen molar-refractivity contribution in [1.82, 2.24) is 15.1 Å². The van der Waals surface area contributed by atoms with Gasteiger partial charge in [-0.15, -0.1) is 0 Å². The van der Waals surface area contributed by atoms with Gasteiger partial charge in [0, 0.05) is 44.5 Å². The van der Waals surface area contributed by atoms with Crippen LogP contribution in [0.2, 0.25) is 0 Å². The van der Waals surface area contributed by atoms with E-state index in [-0.39, 0.29) is 5.91 Å². The maximum absolute atomic E-state index is 12.5. The molecule has 0 bridgehead atoms. The summed E-state index contributed by atoms with van der Waals surface area (Å²) in [7, 11) is 0. The molecule has 6 nitrogen and oxygen atoms in total. The zero-order chi connectivity index (χ0) is 18.6. The fourth-order valence-electron chi connectivity index (χ4n) is 3.77. The van der Waals surface area contributed by atoms with Crippen LogP contribution in [0.4, 0.5) is 5.69 Å². The first-order valence-corrected chi connectivity index (χ1v) is 10.1. The highest BCUT2D eigenvalue weighted by Gasteiger charge is 2.36. The van der Waals surface area contributed by atoms with Gasteiger partial charge in [0.25, 0.3) is 0 Å². The molecule has 0 atom stereocenters. The van der Waals surface area contributed by atoms with E-state index in [1.165, 1.54) is 24.1 Å². The number of anilines is 1. The molecule has 1 aromatic rings. The van der Waals surface area contributed by atoms with Crippen molar-refractivity contribution in [2.45, 2.75) is 32.4 Å². The Morgan fingerprint density at radius 1 is 1.22 bits per heavy atom. The number of piperazine rings is 1. The van der Waals surface area contributed by atoms with Crippen LogP contribution in [0.15, 0.2) is 41.4 Å². The smallest absolute Gasteiger partial charge is 0.242 e. The molecule has 2 aliphatic heterocycles. The number of hydrogen-bond donors (Lipinski definition) is 1. The molecule has 4 rings (SSSR count). The molecule has 0 spiro atoms. The van der Waals surface area contributed by atoms with E-state index in [4.69, 9.17) is 4.99 Å². The third kappa shape index (κ3) is 4.26. The molecule has 27 heavy (non-hydrogen) atoms. The highest BCUT2D eigenvalue weighted by atomic mass is 16.2. The number of carbonyl (C=O) groups is 1. The number of nitrogens with one attached hydrogen (secondary N) is 1. The monoisotopic (exact) mass is 367 g/mol. The minimum Gasteiger partial charge on any atom is -0.364 e. The first kappa shape index (κ1) is 17.9.